The predicted molar refractivity (Wildman–Crippen MR) is 90.9 cm³/mol. The quantitative estimate of drug-likeness (QED) is 0.750. The van der Waals surface area contributed by atoms with Crippen molar-refractivity contribution in [2.75, 3.05) is 0 Å². The Kier molecular flexibility index (Phi) is 6.47. The molecule has 0 saturated heterocycles. The van der Waals surface area contributed by atoms with Gasteiger partial charge in [0.2, 0.25) is 5.91 Å². The van der Waals surface area contributed by atoms with Crippen molar-refractivity contribution in [3.05, 3.63) is 59.9 Å². The molecule has 2 rings (SSSR count). The van der Waals surface area contributed by atoms with E-state index in [1.165, 1.54) is 12.1 Å². The molecule has 0 saturated carbocycles. The summed E-state index contributed by atoms with van der Waals surface area (Å²) in [6.07, 6.45) is 1.22. The van der Waals surface area contributed by atoms with Gasteiger partial charge in [0.1, 0.15) is 11.6 Å². The molecule has 1 unspecified atom stereocenters. The summed E-state index contributed by atoms with van der Waals surface area (Å²) in [4.78, 5) is 12.9. The molecule has 0 aliphatic heterocycles. The lowest BCUT2D eigenvalue weighted by atomic mass is 10.2. The van der Waals surface area contributed by atoms with Crippen LogP contribution in [0.4, 0.5) is 4.39 Å². The van der Waals surface area contributed by atoms with Gasteiger partial charge in [-0.1, -0.05) is 19.1 Å². The second-order valence-electron chi connectivity index (χ2n) is 5.36. The molecule has 2 aromatic carbocycles. The second kappa shape index (κ2) is 8.58. The molecule has 1 amide bonds. The number of hydrogen-bond acceptors (Lipinski definition) is 3. The van der Waals surface area contributed by atoms with Crippen LogP contribution in [0.3, 0.4) is 0 Å². The van der Waals surface area contributed by atoms with Crippen molar-refractivity contribution in [1.82, 2.24) is 5.32 Å². The van der Waals surface area contributed by atoms with Crippen LogP contribution in [-0.2, 0) is 11.3 Å². The zero-order valence-electron chi connectivity index (χ0n) is 13.0. The highest BCUT2D eigenvalue weighted by Gasteiger charge is 2.08. The van der Waals surface area contributed by atoms with Gasteiger partial charge in [-0.3, -0.25) is 4.79 Å². The van der Waals surface area contributed by atoms with Crippen LogP contribution in [0.15, 0.2) is 53.4 Å². The van der Waals surface area contributed by atoms with E-state index in [1.54, 1.807) is 36.0 Å². The molecule has 122 valence electrons. The Balaban J connectivity index is 1.69. The maximum Gasteiger partial charge on any atom is 0.220 e. The Hall–Kier alpha value is -2.01. The Morgan fingerprint density at radius 3 is 2.48 bits per heavy atom. The third-order valence-corrected chi connectivity index (χ3v) is 4.54. The zero-order valence-corrected chi connectivity index (χ0v) is 13.8. The van der Waals surface area contributed by atoms with Gasteiger partial charge < -0.3 is 10.4 Å². The third-order valence-electron chi connectivity index (χ3n) is 3.35. The molecule has 3 nitrogen and oxygen atoms in total. The molecule has 0 aromatic heterocycles. The number of aromatic hydroxyl groups is 1. The van der Waals surface area contributed by atoms with Gasteiger partial charge >= 0.3 is 0 Å². The number of hydrogen-bond donors (Lipinski definition) is 2. The molecule has 0 heterocycles. The summed E-state index contributed by atoms with van der Waals surface area (Å²) in [6, 6.07) is 13.2. The van der Waals surface area contributed by atoms with Crippen LogP contribution in [-0.4, -0.2) is 16.3 Å². The number of amides is 1. The molecule has 0 aliphatic rings. The average molecular weight is 333 g/mol. The van der Waals surface area contributed by atoms with E-state index in [1.807, 2.05) is 12.1 Å². The minimum Gasteiger partial charge on any atom is -0.508 e. The largest absolute Gasteiger partial charge is 0.508 e. The van der Waals surface area contributed by atoms with Gasteiger partial charge in [0.05, 0.1) is 0 Å². The molecular weight excluding hydrogens is 313 g/mol. The number of nitrogens with one attached hydrogen (secondary N) is 1. The number of phenols is 1. The molecular formula is C18H20FNO2S. The summed E-state index contributed by atoms with van der Waals surface area (Å²) in [5.41, 5.74) is 0.881. The fourth-order valence-electron chi connectivity index (χ4n) is 2.04. The SMILES string of the molecule is CC(CCC(=O)NCc1ccc(F)cc1)Sc1ccc(O)cc1. The molecule has 2 aromatic rings. The van der Waals surface area contributed by atoms with Crippen LogP contribution in [0.2, 0.25) is 0 Å². The first-order valence-corrected chi connectivity index (χ1v) is 8.38. The van der Waals surface area contributed by atoms with Gasteiger partial charge in [-0.2, -0.15) is 0 Å². The van der Waals surface area contributed by atoms with Crippen molar-refractivity contribution in [3.8, 4) is 5.75 Å². The Bertz CT molecular complexity index is 628. The number of phenolic OH excluding ortho intramolecular Hbond substituents is 1. The number of thioether (sulfide) groups is 1. The fourth-order valence-corrected chi connectivity index (χ4v) is 3.04. The van der Waals surface area contributed by atoms with Crippen molar-refractivity contribution in [3.63, 3.8) is 0 Å². The van der Waals surface area contributed by atoms with E-state index >= 15 is 0 Å². The molecule has 23 heavy (non-hydrogen) atoms. The van der Waals surface area contributed by atoms with E-state index in [2.05, 4.69) is 12.2 Å². The lowest BCUT2D eigenvalue weighted by Crippen LogP contribution is -2.23. The Morgan fingerprint density at radius 2 is 1.83 bits per heavy atom. The summed E-state index contributed by atoms with van der Waals surface area (Å²) in [5, 5.41) is 12.4. The summed E-state index contributed by atoms with van der Waals surface area (Å²) in [5.74, 6) is -0.0326. The van der Waals surface area contributed by atoms with Gasteiger partial charge in [0.15, 0.2) is 0 Å². The first kappa shape index (κ1) is 17.3. The minimum absolute atomic E-state index is 0.00696. The molecule has 0 aliphatic carbocycles. The van der Waals surface area contributed by atoms with Gasteiger partial charge in [-0.15, -0.1) is 11.8 Å². The van der Waals surface area contributed by atoms with E-state index in [0.29, 0.717) is 18.2 Å². The maximum absolute atomic E-state index is 12.8. The van der Waals surface area contributed by atoms with Gasteiger partial charge in [-0.05, 0) is 48.4 Å². The van der Waals surface area contributed by atoms with Crippen LogP contribution < -0.4 is 5.32 Å². The van der Waals surface area contributed by atoms with E-state index < -0.39 is 0 Å². The van der Waals surface area contributed by atoms with Crippen LogP contribution in [0.25, 0.3) is 0 Å². The van der Waals surface area contributed by atoms with E-state index in [0.717, 1.165) is 16.9 Å². The average Bonchev–Trinajstić information content (AvgIpc) is 2.54. The smallest absolute Gasteiger partial charge is 0.220 e. The van der Waals surface area contributed by atoms with Crippen LogP contribution in [0, 0.1) is 5.82 Å². The molecule has 2 N–H and O–H groups in total. The van der Waals surface area contributed by atoms with Crippen LogP contribution in [0.1, 0.15) is 25.3 Å². The number of carbonyl (C=O) groups is 1. The van der Waals surface area contributed by atoms with Crippen molar-refractivity contribution < 1.29 is 14.3 Å². The summed E-state index contributed by atoms with van der Waals surface area (Å²) >= 11 is 1.68. The monoisotopic (exact) mass is 333 g/mol. The number of rotatable bonds is 7. The Labute approximate surface area is 139 Å². The highest BCUT2D eigenvalue weighted by Crippen LogP contribution is 2.27. The number of carbonyl (C=O) groups excluding carboxylic acids is 1. The highest BCUT2D eigenvalue weighted by molar-refractivity contribution is 7.99. The van der Waals surface area contributed by atoms with E-state index in [-0.39, 0.29) is 17.5 Å². The first-order chi connectivity index (χ1) is 11.0. The second-order valence-corrected chi connectivity index (χ2v) is 6.88. The lowest BCUT2D eigenvalue weighted by molar-refractivity contribution is -0.121. The standard InChI is InChI=1S/C18H20FNO2S/c1-13(23-17-9-7-16(21)8-10-17)2-11-18(22)20-12-14-3-5-15(19)6-4-14/h3-10,13,21H,2,11-12H2,1H3,(H,20,22). The summed E-state index contributed by atoms with van der Waals surface area (Å²) in [6.45, 7) is 2.49. The van der Waals surface area contributed by atoms with E-state index in [9.17, 15) is 14.3 Å². The molecule has 0 spiro atoms. The summed E-state index contributed by atoms with van der Waals surface area (Å²) in [7, 11) is 0. The van der Waals surface area contributed by atoms with Crippen molar-refractivity contribution in [2.24, 2.45) is 0 Å². The zero-order chi connectivity index (χ0) is 16.7. The van der Waals surface area contributed by atoms with Crippen LogP contribution in [0.5, 0.6) is 5.75 Å². The first-order valence-electron chi connectivity index (χ1n) is 7.50. The van der Waals surface area contributed by atoms with Gasteiger partial charge in [0, 0.05) is 23.1 Å². The molecule has 0 bridgehead atoms. The molecule has 5 heteroatoms. The normalized spacial score (nSPS) is 11.9. The topological polar surface area (TPSA) is 49.3 Å². The van der Waals surface area contributed by atoms with Crippen LogP contribution >= 0.6 is 11.8 Å². The Morgan fingerprint density at radius 1 is 1.17 bits per heavy atom. The number of halogens is 1. The molecule has 1 atom stereocenters. The van der Waals surface area contributed by atoms with Gasteiger partial charge in [-0.25, -0.2) is 4.39 Å². The maximum atomic E-state index is 12.8. The van der Waals surface area contributed by atoms with Crippen molar-refractivity contribution >= 4 is 17.7 Å². The minimum atomic E-state index is -0.278. The molecule has 0 fully saturated rings. The van der Waals surface area contributed by atoms with Gasteiger partial charge in [0.25, 0.3) is 0 Å². The van der Waals surface area contributed by atoms with Crippen molar-refractivity contribution in [2.45, 2.75) is 36.5 Å². The predicted octanol–water partition coefficient (Wildman–Crippen LogP) is 4.11. The third kappa shape index (κ3) is 6.32. The van der Waals surface area contributed by atoms with E-state index in [4.69, 9.17) is 0 Å². The fraction of sp³-hybridized carbons (Fsp3) is 0.278. The molecule has 0 radical (unpaired) electrons. The van der Waals surface area contributed by atoms with Crippen molar-refractivity contribution in [1.29, 1.82) is 0 Å². The number of benzene rings is 2. The lowest BCUT2D eigenvalue weighted by Gasteiger charge is -2.11. The highest BCUT2D eigenvalue weighted by atomic mass is 32.2. The summed E-state index contributed by atoms with van der Waals surface area (Å²) < 4.78 is 12.8.